The van der Waals surface area contributed by atoms with E-state index in [4.69, 9.17) is 11.6 Å². The molecule has 0 bridgehead atoms. The molecule has 3 heteroatoms. The second kappa shape index (κ2) is 7.66. The van der Waals surface area contributed by atoms with E-state index < -0.39 is 0 Å². The molecule has 1 fully saturated rings. The van der Waals surface area contributed by atoms with Crippen molar-refractivity contribution in [2.75, 3.05) is 13.1 Å². The summed E-state index contributed by atoms with van der Waals surface area (Å²) in [4.78, 5) is 2.56. The second-order valence-corrected chi connectivity index (χ2v) is 6.92. The highest BCUT2D eigenvalue weighted by Gasteiger charge is 2.17. The van der Waals surface area contributed by atoms with Gasteiger partial charge in [0.25, 0.3) is 0 Å². The summed E-state index contributed by atoms with van der Waals surface area (Å²) in [6.07, 6.45) is 6.80. The van der Waals surface area contributed by atoms with Crippen LogP contribution in [-0.2, 0) is 6.54 Å². The second-order valence-electron chi connectivity index (χ2n) is 5.60. The summed E-state index contributed by atoms with van der Waals surface area (Å²) >= 11 is 9.77. The van der Waals surface area contributed by atoms with E-state index in [2.05, 4.69) is 39.9 Å². The largest absolute Gasteiger partial charge is 0.299 e. The molecule has 0 aromatic heterocycles. The molecule has 0 saturated carbocycles. The molecule has 0 radical (unpaired) electrons. The van der Waals surface area contributed by atoms with E-state index in [0.29, 0.717) is 0 Å². The number of halogens is 2. The highest BCUT2D eigenvalue weighted by molar-refractivity contribution is 9.10. The Kier molecular flexibility index (Phi) is 6.18. The average Bonchev–Trinajstić information content (AvgIpc) is 2.59. The third kappa shape index (κ3) is 4.77. The van der Waals surface area contributed by atoms with Crippen molar-refractivity contribution in [3.8, 4) is 0 Å². The van der Waals surface area contributed by atoms with E-state index in [1.807, 2.05) is 6.07 Å². The molecule has 0 amide bonds. The smallest absolute Gasteiger partial charge is 0.0462 e. The van der Waals surface area contributed by atoms with Crippen molar-refractivity contribution in [3.63, 3.8) is 0 Å². The van der Waals surface area contributed by atoms with Crippen molar-refractivity contribution in [3.05, 3.63) is 33.3 Å². The number of likely N-dealkylation sites (tertiary alicyclic amines) is 1. The Bertz CT molecular complexity index is 408. The van der Waals surface area contributed by atoms with Gasteiger partial charge in [-0.1, -0.05) is 53.4 Å². The molecular weight excluding hydrogens is 322 g/mol. The van der Waals surface area contributed by atoms with Crippen molar-refractivity contribution < 1.29 is 0 Å². The first kappa shape index (κ1) is 15.3. The third-order valence-electron chi connectivity index (χ3n) is 4.05. The number of nitrogens with zero attached hydrogens (tertiary/aromatic N) is 1. The van der Waals surface area contributed by atoms with Gasteiger partial charge < -0.3 is 0 Å². The van der Waals surface area contributed by atoms with Crippen LogP contribution in [0.2, 0.25) is 5.02 Å². The monoisotopic (exact) mass is 343 g/mol. The van der Waals surface area contributed by atoms with Gasteiger partial charge in [-0.25, -0.2) is 0 Å². The van der Waals surface area contributed by atoms with Gasteiger partial charge in [-0.3, -0.25) is 4.90 Å². The topological polar surface area (TPSA) is 3.24 Å². The molecule has 0 N–H and O–H groups in total. The molecule has 1 saturated heterocycles. The summed E-state index contributed by atoms with van der Waals surface area (Å²) in [5.41, 5.74) is 1.25. The lowest BCUT2D eigenvalue weighted by molar-refractivity contribution is 0.271. The molecule has 1 heterocycles. The van der Waals surface area contributed by atoms with E-state index in [-0.39, 0.29) is 0 Å². The van der Waals surface area contributed by atoms with Crippen LogP contribution in [0.4, 0.5) is 0 Å². The fourth-order valence-electron chi connectivity index (χ4n) is 2.97. The van der Waals surface area contributed by atoms with E-state index in [1.165, 1.54) is 50.8 Å². The lowest BCUT2D eigenvalue weighted by Gasteiger charge is -2.21. The van der Waals surface area contributed by atoms with Gasteiger partial charge in [0.2, 0.25) is 0 Å². The fourth-order valence-corrected chi connectivity index (χ4v) is 3.70. The highest BCUT2D eigenvalue weighted by atomic mass is 79.9. The fraction of sp³-hybridized carbons (Fsp3) is 0.625. The molecule has 1 aromatic rings. The quantitative estimate of drug-likeness (QED) is 0.696. The molecule has 19 heavy (non-hydrogen) atoms. The van der Waals surface area contributed by atoms with Crippen LogP contribution in [0, 0.1) is 5.92 Å². The zero-order valence-electron chi connectivity index (χ0n) is 11.7. The molecule has 106 valence electrons. The van der Waals surface area contributed by atoms with Crippen LogP contribution in [0.3, 0.4) is 0 Å². The normalized spacial score (nSPS) is 21.3. The molecule has 2 rings (SSSR count). The number of rotatable bonds is 4. The van der Waals surface area contributed by atoms with Crippen molar-refractivity contribution in [1.82, 2.24) is 4.90 Å². The lowest BCUT2D eigenvalue weighted by Crippen LogP contribution is -2.24. The third-order valence-corrected chi connectivity index (χ3v) is 4.89. The summed E-state index contributed by atoms with van der Waals surface area (Å²) in [5, 5.41) is 0.878. The predicted octanol–water partition coefficient (Wildman–Crippen LogP) is 5.50. The van der Waals surface area contributed by atoms with Gasteiger partial charge in [-0.15, -0.1) is 0 Å². The Morgan fingerprint density at radius 1 is 1.32 bits per heavy atom. The van der Waals surface area contributed by atoms with Crippen LogP contribution >= 0.6 is 27.5 Å². The zero-order valence-corrected chi connectivity index (χ0v) is 14.0. The summed E-state index contributed by atoms with van der Waals surface area (Å²) in [6, 6.07) is 6.22. The minimum Gasteiger partial charge on any atom is -0.299 e. The SMILES string of the molecule is CCCC1CCCN(Cc2ccc(Br)cc2Cl)CC1. The molecular formula is C16H23BrClN. The summed E-state index contributed by atoms with van der Waals surface area (Å²) < 4.78 is 1.06. The Labute approximate surface area is 130 Å². The molecule has 1 atom stereocenters. The van der Waals surface area contributed by atoms with Gasteiger partial charge in [-0.05, 0) is 56.0 Å². The van der Waals surface area contributed by atoms with Crippen LogP contribution in [0.25, 0.3) is 0 Å². The maximum absolute atomic E-state index is 6.31. The van der Waals surface area contributed by atoms with Gasteiger partial charge >= 0.3 is 0 Å². The maximum atomic E-state index is 6.31. The number of benzene rings is 1. The maximum Gasteiger partial charge on any atom is 0.0462 e. The highest BCUT2D eigenvalue weighted by Crippen LogP contribution is 2.26. The molecule has 1 nitrogen and oxygen atoms in total. The van der Waals surface area contributed by atoms with Gasteiger partial charge in [0.15, 0.2) is 0 Å². The zero-order chi connectivity index (χ0) is 13.7. The summed E-state index contributed by atoms with van der Waals surface area (Å²) in [6.45, 7) is 5.72. The van der Waals surface area contributed by atoms with Gasteiger partial charge in [-0.2, -0.15) is 0 Å². The lowest BCUT2D eigenvalue weighted by atomic mass is 9.96. The first-order chi connectivity index (χ1) is 9.19. The summed E-state index contributed by atoms with van der Waals surface area (Å²) in [7, 11) is 0. The average molecular weight is 345 g/mol. The first-order valence-electron chi connectivity index (χ1n) is 7.35. The van der Waals surface area contributed by atoms with Gasteiger partial charge in [0.05, 0.1) is 0 Å². The van der Waals surface area contributed by atoms with Crippen molar-refractivity contribution in [2.45, 2.75) is 45.6 Å². The molecule has 1 aliphatic heterocycles. The van der Waals surface area contributed by atoms with E-state index in [0.717, 1.165) is 22.0 Å². The Hall–Kier alpha value is -0.0500. The Morgan fingerprint density at radius 3 is 2.89 bits per heavy atom. The van der Waals surface area contributed by atoms with Crippen molar-refractivity contribution in [1.29, 1.82) is 0 Å². The first-order valence-corrected chi connectivity index (χ1v) is 8.52. The number of hydrogen-bond donors (Lipinski definition) is 0. The Balaban J connectivity index is 1.92. The van der Waals surface area contributed by atoms with Gasteiger partial charge in [0.1, 0.15) is 0 Å². The van der Waals surface area contributed by atoms with E-state index in [9.17, 15) is 0 Å². The van der Waals surface area contributed by atoms with Crippen LogP contribution in [0.1, 0.15) is 44.6 Å². The standard InChI is InChI=1S/C16H23BrClN/c1-2-4-13-5-3-9-19(10-8-13)12-14-6-7-15(17)11-16(14)18/h6-7,11,13H,2-5,8-10,12H2,1H3. The molecule has 1 aliphatic rings. The van der Waals surface area contributed by atoms with Crippen LogP contribution in [-0.4, -0.2) is 18.0 Å². The van der Waals surface area contributed by atoms with Gasteiger partial charge in [0, 0.05) is 16.0 Å². The summed E-state index contributed by atoms with van der Waals surface area (Å²) in [5.74, 6) is 0.940. The van der Waals surface area contributed by atoms with Crippen LogP contribution in [0.5, 0.6) is 0 Å². The molecule has 0 aliphatic carbocycles. The van der Waals surface area contributed by atoms with E-state index >= 15 is 0 Å². The van der Waals surface area contributed by atoms with Crippen LogP contribution < -0.4 is 0 Å². The molecule has 1 unspecified atom stereocenters. The van der Waals surface area contributed by atoms with Crippen molar-refractivity contribution in [2.24, 2.45) is 5.92 Å². The van der Waals surface area contributed by atoms with Crippen molar-refractivity contribution >= 4 is 27.5 Å². The minimum absolute atomic E-state index is 0.878. The van der Waals surface area contributed by atoms with E-state index in [1.54, 1.807) is 0 Å². The Morgan fingerprint density at radius 2 is 2.16 bits per heavy atom. The predicted molar refractivity (Wildman–Crippen MR) is 86.7 cm³/mol. The minimum atomic E-state index is 0.878. The molecule has 1 aromatic carbocycles. The molecule has 0 spiro atoms. The number of hydrogen-bond acceptors (Lipinski definition) is 1. The van der Waals surface area contributed by atoms with Crippen LogP contribution in [0.15, 0.2) is 22.7 Å².